The molecule has 1 aliphatic heterocycles. The van der Waals surface area contributed by atoms with Gasteiger partial charge >= 0.3 is 0 Å². The van der Waals surface area contributed by atoms with Crippen molar-refractivity contribution in [1.82, 2.24) is 4.90 Å². The van der Waals surface area contributed by atoms with E-state index in [-0.39, 0.29) is 6.04 Å². The first-order chi connectivity index (χ1) is 9.66. The Morgan fingerprint density at radius 1 is 1.10 bits per heavy atom. The summed E-state index contributed by atoms with van der Waals surface area (Å²) in [6.07, 6.45) is 1.83. The summed E-state index contributed by atoms with van der Waals surface area (Å²) in [4.78, 5) is 2.32. The van der Waals surface area contributed by atoms with E-state index >= 15 is 0 Å². The predicted molar refractivity (Wildman–Crippen MR) is 78.0 cm³/mol. The lowest BCUT2D eigenvalue weighted by atomic mass is 9.76. The first-order valence-electron chi connectivity index (χ1n) is 7.03. The van der Waals surface area contributed by atoms with Crippen molar-refractivity contribution >= 4 is 0 Å². The van der Waals surface area contributed by atoms with E-state index in [1.165, 1.54) is 11.1 Å². The molecule has 3 nitrogen and oxygen atoms in total. The van der Waals surface area contributed by atoms with Crippen LogP contribution in [0.25, 0.3) is 11.1 Å². The molecule has 1 aliphatic carbocycles. The second-order valence-electron chi connectivity index (χ2n) is 5.79. The molecule has 0 saturated carbocycles. The van der Waals surface area contributed by atoms with Crippen molar-refractivity contribution < 1.29 is 10.2 Å². The molecule has 0 fully saturated rings. The maximum absolute atomic E-state index is 10.3. The Hall–Kier alpha value is -2.00. The van der Waals surface area contributed by atoms with Crippen LogP contribution in [-0.2, 0) is 12.8 Å². The summed E-state index contributed by atoms with van der Waals surface area (Å²) in [5.41, 5.74) is 5.42. The van der Waals surface area contributed by atoms with Crippen molar-refractivity contribution in [1.29, 1.82) is 0 Å². The number of aromatic hydroxyl groups is 2. The standard InChI is InChI=1S/C17H17NO2/c1-18-8-7-10-5-6-15(20)17-11-3-2-4-14(19)12(11)9-13(18)16(10)17/h2-6,13,19-20H,7-9H2,1H3. The SMILES string of the molecule is CN1CCc2ccc(O)c3c2C1Cc1c(O)cccc1-3. The van der Waals surface area contributed by atoms with Crippen molar-refractivity contribution in [3.05, 3.63) is 47.0 Å². The quantitative estimate of drug-likeness (QED) is 0.771. The Bertz CT molecular complexity index is 708. The van der Waals surface area contributed by atoms with Crippen LogP contribution in [0.4, 0.5) is 0 Å². The number of rotatable bonds is 0. The zero-order chi connectivity index (χ0) is 13.9. The maximum Gasteiger partial charge on any atom is 0.123 e. The average molecular weight is 267 g/mol. The first-order valence-corrected chi connectivity index (χ1v) is 7.03. The lowest BCUT2D eigenvalue weighted by Crippen LogP contribution is -2.35. The molecule has 1 heterocycles. The summed E-state index contributed by atoms with van der Waals surface area (Å²) in [7, 11) is 2.12. The number of likely N-dealkylation sites (N-methyl/N-ethyl adjacent to an activating group) is 1. The highest BCUT2D eigenvalue weighted by Gasteiger charge is 2.35. The van der Waals surface area contributed by atoms with Crippen molar-refractivity contribution in [2.24, 2.45) is 0 Å². The van der Waals surface area contributed by atoms with E-state index in [1.54, 1.807) is 12.1 Å². The highest BCUT2D eigenvalue weighted by Crippen LogP contribution is 2.50. The molecular weight excluding hydrogens is 250 g/mol. The number of nitrogens with zero attached hydrogens (tertiary/aromatic N) is 1. The second-order valence-corrected chi connectivity index (χ2v) is 5.79. The van der Waals surface area contributed by atoms with Gasteiger partial charge in [0, 0.05) is 23.7 Å². The molecule has 1 unspecified atom stereocenters. The van der Waals surface area contributed by atoms with E-state index in [2.05, 4.69) is 11.9 Å². The largest absolute Gasteiger partial charge is 0.508 e. The van der Waals surface area contributed by atoms with Crippen LogP contribution < -0.4 is 0 Å². The lowest BCUT2D eigenvalue weighted by molar-refractivity contribution is 0.226. The molecule has 2 aromatic rings. The molecular formula is C17H17NO2. The maximum atomic E-state index is 10.3. The Morgan fingerprint density at radius 3 is 2.80 bits per heavy atom. The lowest BCUT2D eigenvalue weighted by Gasteiger charge is -2.40. The first kappa shape index (κ1) is 11.8. The van der Waals surface area contributed by atoms with Crippen LogP contribution in [-0.4, -0.2) is 28.7 Å². The van der Waals surface area contributed by atoms with E-state index in [0.29, 0.717) is 11.5 Å². The average Bonchev–Trinajstić information content (AvgIpc) is 2.45. The molecule has 3 heteroatoms. The topological polar surface area (TPSA) is 43.7 Å². The molecule has 2 aliphatic rings. The molecule has 0 radical (unpaired) electrons. The van der Waals surface area contributed by atoms with Crippen LogP contribution in [0.3, 0.4) is 0 Å². The summed E-state index contributed by atoms with van der Waals surface area (Å²) in [5, 5.41) is 20.5. The van der Waals surface area contributed by atoms with Gasteiger partial charge in [-0.1, -0.05) is 18.2 Å². The molecule has 4 rings (SSSR count). The zero-order valence-electron chi connectivity index (χ0n) is 11.4. The van der Waals surface area contributed by atoms with Gasteiger partial charge in [-0.3, -0.25) is 4.90 Å². The smallest absolute Gasteiger partial charge is 0.123 e. The molecule has 0 spiro atoms. The summed E-state index contributed by atoms with van der Waals surface area (Å²) in [5.74, 6) is 0.646. The van der Waals surface area contributed by atoms with Crippen molar-refractivity contribution in [2.45, 2.75) is 18.9 Å². The van der Waals surface area contributed by atoms with Gasteiger partial charge in [-0.15, -0.1) is 0 Å². The Labute approximate surface area is 118 Å². The number of hydrogen-bond donors (Lipinski definition) is 2. The summed E-state index contributed by atoms with van der Waals surface area (Å²) in [6, 6.07) is 9.65. The molecule has 20 heavy (non-hydrogen) atoms. The second kappa shape index (κ2) is 4.00. The predicted octanol–water partition coefficient (Wildman–Crippen LogP) is 2.85. The van der Waals surface area contributed by atoms with Crippen LogP contribution in [0, 0.1) is 0 Å². The summed E-state index contributed by atoms with van der Waals surface area (Å²) in [6.45, 7) is 1.02. The van der Waals surface area contributed by atoms with Crippen LogP contribution in [0.5, 0.6) is 11.5 Å². The molecule has 102 valence electrons. The minimum absolute atomic E-state index is 0.252. The van der Waals surface area contributed by atoms with Gasteiger partial charge in [0.15, 0.2) is 0 Å². The van der Waals surface area contributed by atoms with Gasteiger partial charge in [0.1, 0.15) is 11.5 Å². The monoisotopic (exact) mass is 267 g/mol. The van der Waals surface area contributed by atoms with Crippen molar-refractivity contribution in [2.75, 3.05) is 13.6 Å². The highest BCUT2D eigenvalue weighted by atomic mass is 16.3. The third-order valence-electron chi connectivity index (χ3n) is 4.73. The molecule has 2 N–H and O–H groups in total. The molecule has 0 saturated heterocycles. The zero-order valence-corrected chi connectivity index (χ0v) is 11.4. The van der Waals surface area contributed by atoms with Crippen LogP contribution in [0.2, 0.25) is 0 Å². The molecule has 0 amide bonds. The number of phenolic OH excluding ortho intramolecular Hbond substituents is 2. The van der Waals surface area contributed by atoms with Gasteiger partial charge in [-0.2, -0.15) is 0 Å². The number of hydrogen-bond acceptors (Lipinski definition) is 3. The van der Waals surface area contributed by atoms with E-state index in [0.717, 1.165) is 36.1 Å². The third-order valence-corrected chi connectivity index (χ3v) is 4.73. The van der Waals surface area contributed by atoms with Crippen molar-refractivity contribution in [3.8, 4) is 22.6 Å². The van der Waals surface area contributed by atoms with E-state index in [4.69, 9.17) is 0 Å². The van der Waals surface area contributed by atoms with Crippen molar-refractivity contribution in [3.63, 3.8) is 0 Å². The van der Waals surface area contributed by atoms with E-state index in [9.17, 15) is 10.2 Å². The number of fused-ring (bicyclic) bond motifs is 2. The summed E-state index contributed by atoms with van der Waals surface area (Å²) >= 11 is 0. The minimum atomic E-state index is 0.252. The van der Waals surface area contributed by atoms with Gasteiger partial charge in [0.25, 0.3) is 0 Å². The van der Waals surface area contributed by atoms with Crippen LogP contribution >= 0.6 is 0 Å². The number of benzene rings is 2. The molecule has 1 atom stereocenters. The van der Waals surface area contributed by atoms with Gasteiger partial charge in [0.2, 0.25) is 0 Å². The highest BCUT2D eigenvalue weighted by molar-refractivity contribution is 5.82. The van der Waals surface area contributed by atoms with E-state index in [1.807, 2.05) is 18.2 Å². The van der Waals surface area contributed by atoms with E-state index < -0.39 is 0 Å². The molecule has 0 bridgehead atoms. The Kier molecular flexibility index (Phi) is 2.36. The normalized spacial score (nSPS) is 20.4. The number of phenols is 2. The van der Waals surface area contributed by atoms with Gasteiger partial charge in [-0.25, -0.2) is 0 Å². The Balaban J connectivity index is 2.08. The fraction of sp³-hybridized carbons (Fsp3) is 0.294. The third kappa shape index (κ3) is 1.44. The van der Waals surface area contributed by atoms with Gasteiger partial charge in [0.05, 0.1) is 0 Å². The molecule has 0 aromatic heterocycles. The van der Waals surface area contributed by atoms with Gasteiger partial charge < -0.3 is 10.2 Å². The minimum Gasteiger partial charge on any atom is -0.508 e. The van der Waals surface area contributed by atoms with Gasteiger partial charge in [-0.05, 0) is 48.7 Å². The summed E-state index contributed by atoms with van der Waals surface area (Å²) < 4.78 is 0. The molecule has 2 aromatic carbocycles. The van der Waals surface area contributed by atoms with Crippen LogP contribution in [0.15, 0.2) is 30.3 Å². The fourth-order valence-corrected chi connectivity index (χ4v) is 3.68. The Morgan fingerprint density at radius 2 is 1.95 bits per heavy atom. The van der Waals surface area contributed by atoms with Crippen LogP contribution in [0.1, 0.15) is 22.7 Å². The fourth-order valence-electron chi connectivity index (χ4n) is 3.68.